The molecule has 0 aliphatic carbocycles. The molecule has 2 heterocycles. The SMILES string of the molecule is O=C(NC1(C(=O)O)CCOC1)c1ccc(Cl)nc1Cl. The lowest BCUT2D eigenvalue weighted by Gasteiger charge is -2.23. The van der Waals surface area contributed by atoms with Gasteiger partial charge in [0.15, 0.2) is 5.54 Å². The van der Waals surface area contributed by atoms with Crippen molar-refractivity contribution in [3.05, 3.63) is 28.0 Å². The third kappa shape index (κ3) is 2.80. The molecule has 0 saturated carbocycles. The lowest BCUT2D eigenvalue weighted by Crippen LogP contribution is -2.55. The molecule has 8 heteroatoms. The number of pyridine rings is 1. The molecule has 6 nitrogen and oxygen atoms in total. The minimum atomic E-state index is -1.42. The molecule has 0 radical (unpaired) electrons. The number of nitrogens with one attached hydrogen (secondary N) is 1. The van der Waals surface area contributed by atoms with Crippen LogP contribution in [0.2, 0.25) is 10.3 Å². The Balaban J connectivity index is 2.22. The maximum Gasteiger partial charge on any atom is 0.331 e. The molecule has 0 bridgehead atoms. The Kier molecular flexibility index (Phi) is 3.93. The van der Waals surface area contributed by atoms with E-state index in [0.717, 1.165) is 0 Å². The van der Waals surface area contributed by atoms with E-state index in [0.29, 0.717) is 0 Å². The Morgan fingerprint density at radius 3 is 2.68 bits per heavy atom. The van der Waals surface area contributed by atoms with Crippen molar-refractivity contribution in [1.29, 1.82) is 0 Å². The minimum Gasteiger partial charge on any atom is -0.479 e. The highest BCUT2D eigenvalue weighted by Gasteiger charge is 2.44. The molecule has 1 amide bonds. The number of halogens is 2. The third-order valence-corrected chi connectivity index (χ3v) is 3.34. The van der Waals surface area contributed by atoms with E-state index in [1.807, 2.05) is 0 Å². The van der Waals surface area contributed by atoms with Gasteiger partial charge in [0.25, 0.3) is 5.91 Å². The predicted molar refractivity (Wildman–Crippen MR) is 67.5 cm³/mol. The largest absolute Gasteiger partial charge is 0.479 e. The molecule has 2 N–H and O–H groups in total. The van der Waals surface area contributed by atoms with Crippen molar-refractivity contribution in [2.24, 2.45) is 0 Å². The number of carbonyl (C=O) groups excluding carboxylic acids is 1. The molecule has 1 aromatic heterocycles. The fourth-order valence-corrected chi connectivity index (χ4v) is 2.18. The first kappa shape index (κ1) is 14.0. The molecule has 1 aliphatic heterocycles. The molecule has 1 atom stereocenters. The van der Waals surface area contributed by atoms with Gasteiger partial charge in [-0.2, -0.15) is 0 Å². The van der Waals surface area contributed by atoms with Crippen LogP contribution in [0.25, 0.3) is 0 Å². The van der Waals surface area contributed by atoms with Gasteiger partial charge in [-0.05, 0) is 12.1 Å². The van der Waals surface area contributed by atoms with Crippen LogP contribution in [0.15, 0.2) is 12.1 Å². The van der Waals surface area contributed by atoms with Crippen LogP contribution in [-0.2, 0) is 9.53 Å². The molecule has 19 heavy (non-hydrogen) atoms. The summed E-state index contributed by atoms with van der Waals surface area (Å²) in [5.41, 5.74) is -1.35. The number of rotatable bonds is 3. The summed E-state index contributed by atoms with van der Waals surface area (Å²) in [6.07, 6.45) is 0.201. The second-order valence-corrected chi connectivity index (χ2v) is 4.86. The number of nitrogens with zero attached hydrogens (tertiary/aromatic N) is 1. The number of carboxylic acid groups (broad SMARTS) is 1. The standard InChI is InChI=1S/C11H10Cl2N2O4/c12-7-2-1-6(8(13)14-7)9(16)15-11(10(17)18)3-4-19-5-11/h1-2H,3-5H2,(H,15,16)(H,17,18). The van der Waals surface area contributed by atoms with Gasteiger partial charge in [0.1, 0.15) is 10.3 Å². The molecule has 1 aliphatic rings. The normalized spacial score (nSPS) is 22.2. The summed E-state index contributed by atoms with van der Waals surface area (Å²) in [6, 6.07) is 2.79. The number of amides is 1. The van der Waals surface area contributed by atoms with Crippen molar-refractivity contribution in [2.45, 2.75) is 12.0 Å². The van der Waals surface area contributed by atoms with Crippen LogP contribution in [-0.4, -0.2) is 40.7 Å². The van der Waals surface area contributed by atoms with Crippen LogP contribution in [0.5, 0.6) is 0 Å². The fourth-order valence-electron chi connectivity index (χ4n) is 1.75. The third-order valence-electron chi connectivity index (χ3n) is 2.84. The summed E-state index contributed by atoms with van der Waals surface area (Å²) in [5, 5.41) is 11.7. The number of hydrogen-bond donors (Lipinski definition) is 2. The van der Waals surface area contributed by atoms with E-state index in [9.17, 15) is 14.7 Å². The van der Waals surface area contributed by atoms with Crippen molar-refractivity contribution in [3.8, 4) is 0 Å². The van der Waals surface area contributed by atoms with Crippen molar-refractivity contribution in [1.82, 2.24) is 10.3 Å². The molecule has 102 valence electrons. The van der Waals surface area contributed by atoms with E-state index in [1.165, 1.54) is 12.1 Å². The van der Waals surface area contributed by atoms with Crippen LogP contribution in [0.1, 0.15) is 16.8 Å². The lowest BCUT2D eigenvalue weighted by molar-refractivity contribution is -0.144. The smallest absolute Gasteiger partial charge is 0.331 e. The lowest BCUT2D eigenvalue weighted by atomic mass is 9.98. The van der Waals surface area contributed by atoms with Crippen LogP contribution < -0.4 is 5.32 Å². The summed E-state index contributed by atoms with van der Waals surface area (Å²) in [5.74, 6) is -1.77. The van der Waals surface area contributed by atoms with Gasteiger partial charge < -0.3 is 15.2 Å². The highest BCUT2D eigenvalue weighted by molar-refractivity contribution is 6.34. The highest BCUT2D eigenvalue weighted by atomic mass is 35.5. The molecule has 1 saturated heterocycles. The van der Waals surface area contributed by atoms with Gasteiger partial charge >= 0.3 is 5.97 Å². The number of carboxylic acids is 1. The second-order valence-electron chi connectivity index (χ2n) is 4.12. The first-order valence-electron chi connectivity index (χ1n) is 5.40. The Morgan fingerprint density at radius 1 is 1.42 bits per heavy atom. The molecule has 1 aromatic rings. The van der Waals surface area contributed by atoms with Crippen molar-refractivity contribution in [2.75, 3.05) is 13.2 Å². The molecule has 2 rings (SSSR count). The predicted octanol–water partition coefficient (Wildman–Crippen LogP) is 1.36. The quantitative estimate of drug-likeness (QED) is 0.823. The zero-order valence-electron chi connectivity index (χ0n) is 9.65. The molecule has 1 unspecified atom stereocenters. The van der Waals surface area contributed by atoms with Gasteiger partial charge in [-0.3, -0.25) is 4.79 Å². The van der Waals surface area contributed by atoms with Gasteiger partial charge in [-0.25, -0.2) is 9.78 Å². The van der Waals surface area contributed by atoms with E-state index >= 15 is 0 Å². The van der Waals surface area contributed by atoms with Crippen LogP contribution in [0, 0.1) is 0 Å². The minimum absolute atomic E-state index is 0.0681. The maximum absolute atomic E-state index is 12.0. The molecule has 0 aromatic carbocycles. The van der Waals surface area contributed by atoms with E-state index < -0.39 is 17.4 Å². The summed E-state index contributed by atoms with van der Waals surface area (Å²) in [6.45, 7) is 0.200. The van der Waals surface area contributed by atoms with Gasteiger partial charge in [-0.15, -0.1) is 0 Å². The van der Waals surface area contributed by atoms with E-state index in [2.05, 4.69) is 10.3 Å². The Morgan fingerprint density at radius 2 is 2.16 bits per heavy atom. The fraction of sp³-hybridized carbons (Fsp3) is 0.364. The van der Waals surface area contributed by atoms with E-state index in [1.54, 1.807) is 0 Å². The summed E-state index contributed by atoms with van der Waals surface area (Å²) >= 11 is 11.4. The number of aliphatic carboxylic acids is 1. The number of ether oxygens (including phenoxy) is 1. The average Bonchev–Trinajstić information content (AvgIpc) is 2.78. The van der Waals surface area contributed by atoms with Crippen molar-refractivity contribution in [3.63, 3.8) is 0 Å². The highest BCUT2D eigenvalue weighted by Crippen LogP contribution is 2.22. The van der Waals surface area contributed by atoms with Crippen LogP contribution in [0.3, 0.4) is 0 Å². The van der Waals surface area contributed by atoms with Gasteiger partial charge in [0.05, 0.1) is 12.2 Å². The molecule has 1 fully saturated rings. The van der Waals surface area contributed by atoms with Gasteiger partial charge in [-0.1, -0.05) is 23.2 Å². The Bertz CT molecular complexity index is 529. The second kappa shape index (κ2) is 5.32. The average molecular weight is 305 g/mol. The summed E-state index contributed by atoms with van der Waals surface area (Å²) in [7, 11) is 0. The summed E-state index contributed by atoms with van der Waals surface area (Å²) in [4.78, 5) is 27.0. The van der Waals surface area contributed by atoms with Crippen LogP contribution >= 0.6 is 23.2 Å². The molecule has 0 spiro atoms. The van der Waals surface area contributed by atoms with Gasteiger partial charge in [0, 0.05) is 13.0 Å². The van der Waals surface area contributed by atoms with Crippen molar-refractivity contribution >= 4 is 35.1 Å². The topological polar surface area (TPSA) is 88.5 Å². The zero-order valence-corrected chi connectivity index (χ0v) is 11.2. The van der Waals surface area contributed by atoms with E-state index in [-0.39, 0.29) is 35.5 Å². The Hall–Kier alpha value is -1.37. The van der Waals surface area contributed by atoms with E-state index in [4.69, 9.17) is 27.9 Å². The van der Waals surface area contributed by atoms with Crippen LogP contribution in [0.4, 0.5) is 0 Å². The number of aromatic nitrogens is 1. The first-order valence-corrected chi connectivity index (χ1v) is 6.16. The molecular formula is C11H10Cl2N2O4. The summed E-state index contributed by atoms with van der Waals surface area (Å²) < 4.78 is 5.04. The molecular weight excluding hydrogens is 295 g/mol. The Labute approximate surface area is 118 Å². The zero-order chi connectivity index (χ0) is 14.0. The maximum atomic E-state index is 12.0. The first-order chi connectivity index (χ1) is 8.94. The van der Waals surface area contributed by atoms with Gasteiger partial charge in [0.2, 0.25) is 0 Å². The number of carbonyl (C=O) groups is 2. The number of hydrogen-bond acceptors (Lipinski definition) is 4. The monoisotopic (exact) mass is 304 g/mol. The van der Waals surface area contributed by atoms with Crippen molar-refractivity contribution < 1.29 is 19.4 Å².